The topological polar surface area (TPSA) is 88.9 Å². The number of benzene rings is 1. The molecule has 0 aliphatic carbocycles. The lowest BCUT2D eigenvalue weighted by molar-refractivity contribution is -0.124. The number of nitrogens with zero attached hydrogens (tertiary/aromatic N) is 3. The molecule has 0 radical (unpaired) electrons. The van der Waals surface area contributed by atoms with E-state index in [0.29, 0.717) is 25.2 Å². The summed E-state index contributed by atoms with van der Waals surface area (Å²) in [5.41, 5.74) is 0.824. The number of aryl methyl sites for hydroxylation is 1. The molecule has 24 heavy (non-hydrogen) atoms. The summed E-state index contributed by atoms with van der Waals surface area (Å²) >= 11 is 0. The number of nitrogens with one attached hydrogen (secondary N) is 2. The molecule has 1 aromatic heterocycles. The monoisotopic (exact) mass is 331 g/mol. The number of carbonyl (C=O) groups is 2. The SMILES string of the molecule is CC(=O)NCc1nnc2n1C(C(=O)NCc1ccc(F)cc1)CC2. The zero-order chi connectivity index (χ0) is 17.1. The summed E-state index contributed by atoms with van der Waals surface area (Å²) in [6.07, 6.45) is 1.31. The van der Waals surface area contributed by atoms with Crippen LogP contribution in [0.15, 0.2) is 24.3 Å². The molecule has 8 heteroatoms. The third-order valence-corrected chi connectivity index (χ3v) is 3.97. The first-order chi connectivity index (χ1) is 11.5. The van der Waals surface area contributed by atoms with Crippen LogP contribution in [-0.2, 0) is 29.1 Å². The summed E-state index contributed by atoms with van der Waals surface area (Å²) in [4.78, 5) is 23.6. The van der Waals surface area contributed by atoms with Crippen LogP contribution in [-0.4, -0.2) is 26.6 Å². The first-order valence-electron chi connectivity index (χ1n) is 7.74. The molecule has 1 unspecified atom stereocenters. The molecule has 2 heterocycles. The van der Waals surface area contributed by atoms with Gasteiger partial charge in [0.05, 0.1) is 6.54 Å². The molecular weight excluding hydrogens is 313 g/mol. The second-order valence-electron chi connectivity index (χ2n) is 5.71. The van der Waals surface area contributed by atoms with E-state index in [2.05, 4.69) is 20.8 Å². The molecule has 0 saturated heterocycles. The molecular formula is C16H18FN5O2. The highest BCUT2D eigenvalue weighted by Gasteiger charge is 2.32. The minimum Gasteiger partial charge on any atom is -0.350 e. The predicted octanol–water partition coefficient (Wildman–Crippen LogP) is 0.857. The quantitative estimate of drug-likeness (QED) is 0.850. The number of rotatable bonds is 5. The maximum absolute atomic E-state index is 12.9. The van der Waals surface area contributed by atoms with Crippen molar-refractivity contribution in [2.45, 2.75) is 38.9 Å². The van der Waals surface area contributed by atoms with E-state index in [1.807, 2.05) is 0 Å². The van der Waals surface area contributed by atoms with Gasteiger partial charge >= 0.3 is 0 Å². The zero-order valence-electron chi connectivity index (χ0n) is 13.3. The minimum atomic E-state index is -0.390. The van der Waals surface area contributed by atoms with Gasteiger partial charge in [0, 0.05) is 19.9 Å². The highest BCUT2D eigenvalue weighted by molar-refractivity contribution is 5.81. The van der Waals surface area contributed by atoms with E-state index < -0.39 is 0 Å². The van der Waals surface area contributed by atoms with Gasteiger partial charge in [0.1, 0.15) is 17.7 Å². The zero-order valence-corrected chi connectivity index (χ0v) is 13.3. The Morgan fingerprint density at radius 3 is 2.67 bits per heavy atom. The van der Waals surface area contributed by atoms with Gasteiger partial charge in [-0.1, -0.05) is 12.1 Å². The Kier molecular flexibility index (Phi) is 4.54. The Hall–Kier alpha value is -2.77. The fourth-order valence-electron chi connectivity index (χ4n) is 2.77. The van der Waals surface area contributed by atoms with E-state index in [0.717, 1.165) is 11.4 Å². The van der Waals surface area contributed by atoms with Gasteiger partial charge in [-0.3, -0.25) is 9.59 Å². The Balaban J connectivity index is 1.66. The largest absolute Gasteiger partial charge is 0.350 e. The molecule has 0 spiro atoms. The van der Waals surface area contributed by atoms with Crippen LogP contribution in [0.3, 0.4) is 0 Å². The van der Waals surface area contributed by atoms with Gasteiger partial charge in [0.15, 0.2) is 5.82 Å². The van der Waals surface area contributed by atoms with Crippen molar-refractivity contribution in [3.05, 3.63) is 47.3 Å². The van der Waals surface area contributed by atoms with Crippen LogP contribution in [0.25, 0.3) is 0 Å². The number of carbonyl (C=O) groups excluding carboxylic acids is 2. The molecule has 2 N–H and O–H groups in total. The second kappa shape index (κ2) is 6.77. The van der Waals surface area contributed by atoms with Gasteiger partial charge in [-0.2, -0.15) is 0 Å². The predicted molar refractivity (Wildman–Crippen MR) is 83.1 cm³/mol. The lowest BCUT2D eigenvalue weighted by atomic mass is 10.2. The summed E-state index contributed by atoms with van der Waals surface area (Å²) in [5, 5.41) is 13.7. The molecule has 0 bridgehead atoms. The lowest BCUT2D eigenvalue weighted by Gasteiger charge is -2.15. The van der Waals surface area contributed by atoms with Crippen LogP contribution in [0.1, 0.15) is 36.6 Å². The summed E-state index contributed by atoms with van der Waals surface area (Å²) < 4.78 is 14.7. The smallest absolute Gasteiger partial charge is 0.243 e. The Labute approximate surface area is 138 Å². The van der Waals surface area contributed by atoms with E-state index >= 15 is 0 Å². The van der Waals surface area contributed by atoms with E-state index in [9.17, 15) is 14.0 Å². The molecule has 7 nitrogen and oxygen atoms in total. The number of halogens is 1. The van der Waals surface area contributed by atoms with Crippen molar-refractivity contribution < 1.29 is 14.0 Å². The number of fused-ring (bicyclic) bond motifs is 1. The summed E-state index contributed by atoms with van der Waals surface area (Å²) in [7, 11) is 0. The fraction of sp³-hybridized carbons (Fsp3) is 0.375. The van der Waals surface area contributed by atoms with E-state index in [1.54, 1.807) is 16.7 Å². The van der Waals surface area contributed by atoms with Crippen molar-refractivity contribution in [2.24, 2.45) is 0 Å². The molecule has 1 aliphatic rings. The number of aromatic nitrogens is 3. The molecule has 2 amide bonds. The summed E-state index contributed by atoms with van der Waals surface area (Å²) in [6, 6.07) is 5.60. The van der Waals surface area contributed by atoms with Gasteiger partial charge < -0.3 is 15.2 Å². The van der Waals surface area contributed by atoms with Crippen LogP contribution in [0.4, 0.5) is 4.39 Å². The van der Waals surface area contributed by atoms with Gasteiger partial charge in [-0.05, 0) is 24.1 Å². The normalized spacial score (nSPS) is 15.8. The van der Waals surface area contributed by atoms with Crippen LogP contribution in [0.2, 0.25) is 0 Å². The number of hydrogen-bond donors (Lipinski definition) is 2. The van der Waals surface area contributed by atoms with Crippen molar-refractivity contribution in [3.63, 3.8) is 0 Å². The maximum atomic E-state index is 12.9. The molecule has 0 fully saturated rings. The molecule has 126 valence electrons. The van der Waals surface area contributed by atoms with Crippen molar-refractivity contribution in [1.82, 2.24) is 25.4 Å². The van der Waals surface area contributed by atoms with Crippen molar-refractivity contribution >= 4 is 11.8 Å². The molecule has 1 aliphatic heterocycles. The van der Waals surface area contributed by atoms with Crippen LogP contribution in [0, 0.1) is 5.82 Å². The molecule has 1 aromatic carbocycles. The molecule has 2 aromatic rings. The average molecular weight is 331 g/mol. The Bertz CT molecular complexity index is 756. The summed E-state index contributed by atoms with van der Waals surface area (Å²) in [6.45, 7) is 1.99. The highest BCUT2D eigenvalue weighted by Crippen LogP contribution is 2.26. The van der Waals surface area contributed by atoms with E-state index in [-0.39, 0.29) is 30.2 Å². The van der Waals surface area contributed by atoms with Crippen LogP contribution >= 0.6 is 0 Å². The standard InChI is InChI=1S/C16H18FN5O2/c1-10(23)18-9-15-21-20-14-7-6-13(22(14)15)16(24)19-8-11-2-4-12(17)5-3-11/h2-5,13H,6-9H2,1H3,(H,18,23)(H,19,24). The minimum absolute atomic E-state index is 0.137. The van der Waals surface area contributed by atoms with Gasteiger partial charge in [-0.25, -0.2) is 4.39 Å². The third kappa shape index (κ3) is 3.42. The van der Waals surface area contributed by atoms with Crippen molar-refractivity contribution in [2.75, 3.05) is 0 Å². The van der Waals surface area contributed by atoms with Gasteiger partial charge in [-0.15, -0.1) is 10.2 Å². The molecule has 0 saturated carbocycles. The lowest BCUT2D eigenvalue weighted by Crippen LogP contribution is -2.32. The van der Waals surface area contributed by atoms with E-state index in [1.165, 1.54) is 19.1 Å². The second-order valence-corrected chi connectivity index (χ2v) is 5.71. The van der Waals surface area contributed by atoms with Crippen LogP contribution in [0.5, 0.6) is 0 Å². The first kappa shape index (κ1) is 16.1. The van der Waals surface area contributed by atoms with Crippen molar-refractivity contribution in [1.29, 1.82) is 0 Å². The fourth-order valence-corrected chi connectivity index (χ4v) is 2.77. The Morgan fingerprint density at radius 2 is 1.96 bits per heavy atom. The van der Waals surface area contributed by atoms with Gasteiger partial charge in [0.2, 0.25) is 11.8 Å². The first-order valence-corrected chi connectivity index (χ1v) is 7.74. The highest BCUT2D eigenvalue weighted by atomic mass is 19.1. The van der Waals surface area contributed by atoms with Gasteiger partial charge in [0.25, 0.3) is 0 Å². The number of hydrogen-bond acceptors (Lipinski definition) is 4. The van der Waals surface area contributed by atoms with Crippen molar-refractivity contribution in [3.8, 4) is 0 Å². The molecule has 1 atom stereocenters. The van der Waals surface area contributed by atoms with Crippen LogP contribution < -0.4 is 10.6 Å². The number of amides is 2. The maximum Gasteiger partial charge on any atom is 0.243 e. The van der Waals surface area contributed by atoms with E-state index in [4.69, 9.17) is 0 Å². The summed E-state index contributed by atoms with van der Waals surface area (Å²) in [5.74, 6) is 0.708. The Morgan fingerprint density at radius 1 is 1.21 bits per heavy atom. The molecule has 3 rings (SSSR count). The third-order valence-electron chi connectivity index (χ3n) is 3.97. The average Bonchev–Trinajstić information content (AvgIpc) is 3.14.